The van der Waals surface area contributed by atoms with E-state index in [1.165, 1.54) is 4.31 Å². The lowest BCUT2D eigenvalue weighted by Crippen LogP contribution is -2.26. The smallest absolute Gasteiger partial charge is 0.242 e. The summed E-state index contributed by atoms with van der Waals surface area (Å²) in [6.07, 6.45) is 0. The minimum Gasteiger partial charge on any atom is -0.492 e. The van der Waals surface area contributed by atoms with E-state index in [0.29, 0.717) is 18.9 Å². The van der Waals surface area contributed by atoms with E-state index in [0.717, 1.165) is 13.1 Å². The number of likely N-dealkylation sites (N-methyl/N-ethyl adjacent to an activating group) is 1. The van der Waals surface area contributed by atoms with Crippen LogP contribution in [0.25, 0.3) is 0 Å². The van der Waals surface area contributed by atoms with Crippen molar-refractivity contribution in [1.82, 2.24) is 9.62 Å². The zero-order valence-corrected chi connectivity index (χ0v) is 12.5. The lowest BCUT2D eigenvalue weighted by molar-refractivity contribution is 0.315. The lowest BCUT2D eigenvalue weighted by atomic mass is 10.3. The summed E-state index contributed by atoms with van der Waals surface area (Å²) in [7, 11) is -1.80. The molecule has 0 fully saturated rings. The van der Waals surface area contributed by atoms with Gasteiger partial charge in [0.1, 0.15) is 12.4 Å². The second-order valence-corrected chi connectivity index (χ2v) is 6.14. The third kappa shape index (κ3) is 4.49. The molecular weight excluding hydrogens is 264 g/mol. The quantitative estimate of drug-likeness (QED) is 0.732. The minimum atomic E-state index is -3.37. The van der Waals surface area contributed by atoms with Gasteiger partial charge in [-0.25, -0.2) is 12.7 Å². The van der Waals surface area contributed by atoms with Gasteiger partial charge in [-0.2, -0.15) is 0 Å². The van der Waals surface area contributed by atoms with Crippen LogP contribution in [0, 0.1) is 0 Å². The molecule has 0 aliphatic heterocycles. The Hall–Kier alpha value is -1.11. The summed E-state index contributed by atoms with van der Waals surface area (Å²) in [6.45, 7) is 6.52. The maximum atomic E-state index is 12.0. The number of sulfonamides is 1. The van der Waals surface area contributed by atoms with Gasteiger partial charge in [0.15, 0.2) is 0 Å². The van der Waals surface area contributed by atoms with Crippen molar-refractivity contribution in [1.29, 1.82) is 0 Å². The largest absolute Gasteiger partial charge is 0.492 e. The average molecular weight is 286 g/mol. The van der Waals surface area contributed by atoms with Gasteiger partial charge in [0.25, 0.3) is 0 Å². The third-order valence-corrected chi connectivity index (χ3v) is 4.72. The molecule has 19 heavy (non-hydrogen) atoms. The van der Waals surface area contributed by atoms with Crippen LogP contribution in [0.4, 0.5) is 0 Å². The van der Waals surface area contributed by atoms with Crippen LogP contribution in [0.5, 0.6) is 5.75 Å². The van der Waals surface area contributed by atoms with Crippen LogP contribution in [-0.2, 0) is 10.0 Å². The molecule has 1 aromatic rings. The van der Waals surface area contributed by atoms with Crippen molar-refractivity contribution < 1.29 is 13.2 Å². The SMILES string of the molecule is CCNCCOc1ccc(S(=O)(=O)N(C)CC)cc1. The van der Waals surface area contributed by atoms with E-state index < -0.39 is 10.0 Å². The van der Waals surface area contributed by atoms with Crippen LogP contribution in [0.3, 0.4) is 0 Å². The second-order valence-electron chi connectivity index (χ2n) is 4.09. The van der Waals surface area contributed by atoms with Gasteiger partial charge in [-0.1, -0.05) is 13.8 Å². The van der Waals surface area contributed by atoms with E-state index in [2.05, 4.69) is 5.32 Å². The first-order valence-corrected chi connectivity index (χ1v) is 7.86. The van der Waals surface area contributed by atoms with Crippen molar-refractivity contribution >= 4 is 10.0 Å². The molecule has 0 aliphatic rings. The van der Waals surface area contributed by atoms with E-state index in [9.17, 15) is 8.42 Å². The molecule has 1 aromatic carbocycles. The molecular formula is C13H22N2O3S. The monoisotopic (exact) mass is 286 g/mol. The van der Waals surface area contributed by atoms with Gasteiger partial charge in [0.05, 0.1) is 4.90 Å². The predicted octanol–water partition coefficient (Wildman–Crippen LogP) is 1.32. The third-order valence-electron chi connectivity index (χ3n) is 2.77. The fourth-order valence-corrected chi connectivity index (χ4v) is 2.66. The van der Waals surface area contributed by atoms with E-state index in [1.54, 1.807) is 38.2 Å². The molecule has 1 rings (SSSR count). The number of rotatable bonds is 8. The highest BCUT2D eigenvalue weighted by Crippen LogP contribution is 2.18. The molecule has 6 heteroatoms. The van der Waals surface area contributed by atoms with Gasteiger partial charge in [-0.15, -0.1) is 0 Å². The van der Waals surface area contributed by atoms with Gasteiger partial charge < -0.3 is 10.1 Å². The Morgan fingerprint density at radius 2 is 1.84 bits per heavy atom. The second kappa shape index (κ2) is 7.47. The first kappa shape index (κ1) is 15.9. The predicted molar refractivity (Wildman–Crippen MR) is 76.0 cm³/mol. The van der Waals surface area contributed by atoms with Crippen LogP contribution in [0.2, 0.25) is 0 Å². The summed E-state index contributed by atoms with van der Waals surface area (Å²) in [5.41, 5.74) is 0. The van der Waals surface area contributed by atoms with E-state index in [4.69, 9.17) is 4.74 Å². The normalized spacial score (nSPS) is 11.8. The Bertz CT molecular complexity index is 471. The van der Waals surface area contributed by atoms with Crippen LogP contribution in [0.15, 0.2) is 29.2 Å². The summed E-state index contributed by atoms with van der Waals surface area (Å²) in [5, 5.41) is 3.15. The van der Waals surface area contributed by atoms with Crippen molar-refractivity contribution in [2.75, 3.05) is 33.3 Å². The van der Waals surface area contributed by atoms with E-state index in [-0.39, 0.29) is 4.90 Å². The molecule has 0 unspecified atom stereocenters. The lowest BCUT2D eigenvalue weighted by Gasteiger charge is -2.15. The van der Waals surface area contributed by atoms with Gasteiger partial charge in [-0.3, -0.25) is 0 Å². The van der Waals surface area contributed by atoms with Crippen molar-refractivity contribution in [3.63, 3.8) is 0 Å². The van der Waals surface area contributed by atoms with Gasteiger partial charge in [0, 0.05) is 20.1 Å². The maximum absolute atomic E-state index is 12.0. The zero-order chi connectivity index (χ0) is 14.3. The highest BCUT2D eigenvalue weighted by atomic mass is 32.2. The van der Waals surface area contributed by atoms with Crippen molar-refractivity contribution in [2.24, 2.45) is 0 Å². The highest BCUT2D eigenvalue weighted by molar-refractivity contribution is 7.89. The first-order valence-electron chi connectivity index (χ1n) is 6.42. The van der Waals surface area contributed by atoms with Crippen LogP contribution >= 0.6 is 0 Å². The fraction of sp³-hybridized carbons (Fsp3) is 0.538. The summed E-state index contributed by atoms with van der Waals surface area (Å²) in [6, 6.07) is 6.51. The van der Waals surface area contributed by atoms with Crippen LogP contribution in [0.1, 0.15) is 13.8 Å². The Kier molecular flexibility index (Phi) is 6.27. The number of nitrogens with one attached hydrogen (secondary N) is 1. The average Bonchev–Trinajstić information content (AvgIpc) is 2.43. The summed E-state index contributed by atoms with van der Waals surface area (Å²) < 4.78 is 30.9. The standard InChI is InChI=1S/C13H22N2O3S/c1-4-14-10-11-18-12-6-8-13(9-7-12)19(16,17)15(3)5-2/h6-9,14H,4-5,10-11H2,1-3H3. The molecule has 0 aromatic heterocycles. The van der Waals surface area contributed by atoms with Crippen molar-refractivity contribution in [2.45, 2.75) is 18.7 Å². The van der Waals surface area contributed by atoms with Crippen molar-refractivity contribution in [3.8, 4) is 5.75 Å². The summed E-state index contributed by atoms with van der Waals surface area (Å²) in [5.74, 6) is 0.677. The molecule has 1 N–H and O–H groups in total. The molecule has 0 amide bonds. The molecule has 0 radical (unpaired) electrons. The Morgan fingerprint density at radius 3 is 2.37 bits per heavy atom. The van der Waals surface area contributed by atoms with Crippen LogP contribution < -0.4 is 10.1 Å². The summed E-state index contributed by atoms with van der Waals surface area (Å²) >= 11 is 0. The number of benzene rings is 1. The summed E-state index contributed by atoms with van der Waals surface area (Å²) in [4.78, 5) is 0.288. The Morgan fingerprint density at radius 1 is 1.21 bits per heavy atom. The Labute approximate surface area is 115 Å². The van der Waals surface area contributed by atoms with Gasteiger partial charge in [0.2, 0.25) is 10.0 Å². The zero-order valence-electron chi connectivity index (χ0n) is 11.7. The molecule has 0 atom stereocenters. The molecule has 0 bridgehead atoms. The molecule has 0 heterocycles. The topological polar surface area (TPSA) is 58.6 Å². The molecule has 5 nitrogen and oxygen atoms in total. The number of hydrogen-bond donors (Lipinski definition) is 1. The molecule has 108 valence electrons. The Balaban J connectivity index is 2.66. The van der Waals surface area contributed by atoms with Gasteiger partial charge in [-0.05, 0) is 30.8 Å². The maximum Gasteiger partial charge on any atom is 0.242 e. The number of ether oxygens (including phenoxy) is 1. The number of nitrogens with zero attached hydrogens (tertiary/aromatic N) is 1. The highest BCUT2D eigenvalue weighted by Gasteiger charge is 2.18. The van der Waals surface area contributed by atoms with Crippen molar-refractivity contribution in [3.05, 3.63) is 24.3 Å². The molecule has 0 saturated carbocycles. The minimum absolute atomic E-state index is 0.288. The first-order chi connectivity index (χ1) is 9.02. The van der Waals surface area contributed by atoms with Gasteiger partial charge >= 0.3 is 0 Å². The van der Waals surface area contributed by atoms with Crippen LogP contribution in [-0.4, -0.2) is 46.0 Å². The molecule has 0 spiro atoms. The number of hydrogen-bond acceptors (Lipinski definition) is 4. The molecule has 0 aliphatic carbocycles. The fourth-order valence-electron chi connectivity index (χ4n) is 1.48. The molecule has 0 saturated heterocycles. The van der Waals surface area contributed by atoms with E-state index >= 15 is 0 Å². The van der Waals surface area contributed by atoms with E-state index in [1.807, 2.05) is 6.92 Å².